The number of aryl methyl sites for hydroxylation is 1. The van der Waals surface area contributed by atoms with Gasteiger partial charge in [0.05, 0.1) is 18.6 Å². The van der Waals surface area contributed by atoms with Crippen molar-refractivity contribution in [3.63, 3.8) is 0 Å². The first kappa shape index (κ1) is 18.2. The lowest BCUT2D eigenvalue weighted by Crippen LogP contribution is -2.40. The predicted octanol–water partition coefficient (Wildman–Crippen LogP) is 2.69. The van der Waals surface area contributed by atoms with Crippen molar-refractivity contribution in [3.05, 3.63) is 98.3 Å². The number of fused-ring (bicyclic) bond motifs is 2. The third-order valence-corrected chi connectivity index (χ3v) is 5.19. The van der Waals surface area contributed by atoms with E-state index in [1.165, 1.54) is 4.57 Å². The summed E-state index contributed by atoms with van der Waals surface area (Å²) in [7, 11) is 0. The van der Waals surface area contributed by atoms with Crippen molar-refractivity contribution >= 4 is 11.0 Å². The van der Waals surface area contributed by atoms with Crippen LogP contribution in [0.1, 0.15) is 16.7 Å². The number of pyridine rings is 1. The Morgan fingerprint density at radius 2 is 1.70 bits per heavy atom. The van der Waals surface area contributed by atoms with Gasteiger partial charge in [-0.15, -0.1) is 0 Å². The van der Waals surface area contributed by atoms with Gasteiger partial charge in [-0.05, 0) is 42.3 Å². The van der Waals surface area contributed by atoms with Crippen LogP contribution in [0.5, 0.6) is 11.5 Å². The summed E-state index contributed by atoms with van der Waals surface area (Å²) < 4.78 is 13.6. The molecule has 0 spiro atoms. The maximum absolute atomic E-state index is 13.4. The molecule has 30 heavy (non-hydrogen) atoms. The molecule has 4 aromatic rings. The van der Waals surface area contributed by atoms with Gasteiger partial charge in [0, 0.05) is 6.20 Å². The van der Waals surface area contributed by atoms with Gasteiger partial charge in [0.2, 0.25) is 6.79 Å². The van der Waals surface area contributed by atoms with E-state index in [-0.39, 0.29) is 24.5 Å². The van der Waals surface area contributed by atoms with Crippen LogP contribution in [0.4, 0.5) is 0 Å². The van der Waals surface area contributed by atoms with Crippen LogP contribution in [0.15, 0.2) is 70.4 Å². The van der Waals surface area contributed by atoms with Crippen LogP contribution in [-0.2, 0) is 13.1 Å². The van der Waals surface area contributed by atoms with Crippen LogP contribution in [0, 0.1) is 6.92 Å². The van der Waals surface area contributed by atoms with E-state index in [2.05, 4.69) is 4.98 Å². The molecule has 0 saturated heterocycles. The second kappa shape index (κ2) is 7.18. The fourth-order valence-corrected chi connectivity index (χ4v) is 3.75. The third-order valence-electron chi connectivity index (χ3n) is 5.19. The molecule has 5 rings (SSSR count). The van der Waals surface area contributed by atoms with Crippen molar-refractivity contribution in [2.45, 2.75) is 20.0 Å². The molecular formula is C23H19N3O4. The summed E-state index contributed by atoms with van der Waals surface area (Å²) in [5.41, 5.74) is 2.87. The van der Waals surface area contributed by atoms with E-state index in [1.54, 1.807) is 35.0 Å². The van der Waals surface area contributed by atoms with Crippen LogP contribution < -0.4 is 20.7 Å². The summed E-state index contributed by atoms with van der Waals surface area (Å²) >= 11 is 0. The van der Waals surface area contributed by atoms with Gasteiger partial charge in [0.1, 0.15) is 0 Å². The first-order valence-electron chi connectivity index (χ1n) is 9.62. The zero-order chi connectivity index (χ0) is 20.7. The fourth-order valence-electron chi connectivity index (χ4n) is 3.75. The molecule has 2 aromatic carbocycles. The van der Waals surface area contributed by atoms with Crippen LogP contribution in [-0.4, -0.2) is 20.9 Å². The van der Waals surface area contributed by atoms with Crippen molar-refractivity contribution in [2.24, 2.45) is 0 Å². The Hall–Kier alpha value is -3.87. The molecule has 0 radical (unpaired) electrons. The highest BCUT2D eigenvalue weighted by molar-refractivity contribution is 5.73. The highest BCUT2D eigenvalue weighted by Gasteiger charge is 2.17. The van der Waals surface area contributed by atoms with Crippen LogP contribution in [0.2, 0.25) is 0 Å². The number of hydrogen-bond acceptors (Lipinski definition) is 5. The molecule has 7 nitrogen and oxygen atoms in total. The molecule has 0 amide bonds. The number of benzene rings is 2. The summed E-state index contributed by atoms with van der Waals surface area (Å²) in [6.45, 7) is 2.65. The molecule has 1 aliphatic heterocycles. The molecule has 0 N–H and O–H groups in total. The molecule has 0 aliphatic carbocycles. The van der Waals surface area contributed by atoms with Crippen molar-refractivity contribution in [1.29, 1.82) is 0 Å². The predicted molar refractivity (Wildman–Crippen MR) is 112 cm³/mol. The van der Waals surface area contributed by atoms with E-state index in [4.69, 9.17) is 9.47 Å². The number of ether oxygens (including phenoxy) is 2. The second-order valence-electron chi connectivity index (χ2n) is 7.31. The summed E-state index contributed by atoms with van der Waals surface area (Å²) in [6, 6.07) is 16.9. The molecule has 0 atom stereocenters. The minimum absolute atomic E-state index is 0.120. The Labute approximate surface area is 171 Å². The number of aromatic nitrogens is 3. The summed E-state index contributed by atoms with van der Waals surface area (Å²) in [6.07, 6.45) is 1.57. The zero-order valence-electron chi connectivity index (χ0n) is 16.4. The lowest BCUT2D eigenvalue weighted by molar-refractivity contribution is 0.174. The molecular weight excluding hydrogens is 382 g/mol. The molecule has 3 heterocycles. The van der Waals surface area contributed by atoms with E-state index < -0.39 is 5.56 Å². The second-order valence-corrected chi connectivity index (χ2v) is 7.31. The average Bonchev–Trinajstić information content (AvgIpc) is 3.22. The van der Waals surface area contributed by atoms with Crippen molar-refractivity contribution in [3.8, 4) is 11.5 Å². The molecule has 150 valence electrons. The molecule has 0 fully saturated rings. The molecule has 0 unspecified atom stereocenters. The minimum atomic E-state index is -0.409. The normalized spacial score (nSPS) is 12.4. The Kier molecular flexibility index (Phi) is 4.35. The Morgan fingerprint density at radius 3 is 2.57 bits per heavy atom. The zero-order valence-corrected chi connectivity index (χ0v) is 16.4. The lowest BCUT2D eigenvalue weighted by Gasteiger charge is -2.14. The maximum atomic E-state index is 13.4. The summed E-state index contributed by atoms with van der Waals surface area (Å²) in [5.74, 6) is 1.27. The molecule has 2 aromatic heterocycles. The SMILES string of the molecule is Cc1cccc(Cn2c(=O)n(Cc3ccc4c(c3)OCO4)c(=O)c3ncccc32)c1. The lowest BCUT2D eigenvalue weighted by atomic mass is 10.1. The van der Waals surface area contributed by atoms with Gasteiger partial charge in [-0.3, -0.25) is 13.9 Å². The Bertz CT molecular complexity index is 1390. The monoisotopic (exact) mass is 401 g/mol. The summed E-state index contributed by atoms with van der Waals surface area (Å²) in [4.78, 5) is 30.7. The third kappa shape index (κ3) is 3.14. The van der Waals surface area contributed by atoms with Crippen molar-refractivity contribution in [2.75, 3.05) is 6.79 Å². The standard InChI is InChI=1S/C23H19N3O4/c1-15-4-2-5-16(10-15)12-25-18-6-3-9-24-21(18)22(27)26(23(25)28)13-17-7-8-19-20(11-17)30-14-29-19/h2-11H,12-14H2,1H3. The van der Waals surface area contributed by atoms with E-state index in [1.807, 2.05) is 37.3 Å². The minimum Gasteiger partial charge on any atom is -0.454 e. The molecule has 1 aliphatic rings. The van der Waals surface area contributed by atoms with Gasteiger partial charge in [-0.1, -0.05) is 35.9 Å². The van der Waals surface area contributed by atoms with Crippen molar-refractivity contribution in [1.82, 2.24) is 14.1 Å². The Morgan fingerprint density at radius 1 is 0.900 bits per heavy atom. The average molecular weight is 401 g/mol. The first-order chi connectivity index (χ1) is 14.6. The smallest absolute Gasteiger partial charge is 0.332 e. The largest absolute Gasteiger partial charge is 0.454 e. The van der Waals surface area contributed by atoms with Gasteiger partial charge in [-0.25, -0.2) is 9.78 Å². The maximum Gasteiger partial charge on any atom is 0.332 e. The fraction of sp³-hybridized carbons (Fsp3) is 0.174. The highest BCUT2D eigenvalue weighted by atomic mass is 16.7. The van der Waals surface area contributed by atoms with E-state index in [9.17, 15) is 9.59 Å². The van der Waals surface area contributed by atoms with Gasteiger partial charge in [0.15, 0.2) is 17.0 Å². The topological polar surface area (TPSA) is 75.3 Å². The number of rotatable bonds is 4. The van der Waals surface area contributed by atoms with Crippen LogP contribution in [0.25, 0.3) is 11.0 Å². The quantitative estimate of drug-likeness (QED) is 0.526. The van der Waals surface area contributed by atoms with E-state index in [0.29, 0.717) is 23.6 Å². The van der Waals surface area contributed by atoms with Crippen LogP contribution in [0.3, 0.4) is 0 Å². The van der Waals surface area contributed by atoms with E-state index in [0.717, 1.165) is 16.7 Å². The summed E-state index contributed by atoms with van der Waals surface area (Å²) in [5, 5.41) is 0. The van der Waals surface area contributed by atoms with Gasteiger partial charge in [-0.2, -0.15) is 0 Å². The van der Waals surface area contributed by atoms with Gasteiger partial charge < -0.3 is 9.47 Å². The number of nitrogens with zero attached hydrogens (tertiary/aromatic N) is 3. The van der Waals surface area contributed by atoms with Crippen LogP contribution >= 0.6 is 0 Å². The molecule has 0 saturated carbocycles. The van der Waals surface area contributed by atoms with Crippen molar-refractivity contribution < 1.29 is 9.47 Å². The molecule has 7 heteroatoms. The number of hydrogen-bond donors (Lipinski definition) is 0. The molecule has 0 bridgehead atoms. The van der Waals surface area contributed by atoms with E-state index >= 15 is 0 Å². The Balaban J connectivity index is 1.65. The highest BCUT2D eigenvalue weighted by Crippen LogP contribution is 2.32. The first-order valence-corrected chi connectivity index (χ1v) is 9.62. The van der Waals surface area contributed by atoms with Gasteiger partial charge in [0.25, 0.3) is 5.56 Å². The van der Waals surface area contributed by atoms with Gasteiger partial charge >= 0.3 is 5.69 Å².